The fraction of sp³-hybridized carbons (Fsp3) is 0.467. The summed E-state index contributed by atoms with van der Waals surface area (Å²) in [5, 5.41) is 9.89. The molecule has 0 radical (unpaired) electrons. The van der Waals surface area contributed by atoms with E-state index in [1.54, 1.807) is 9.47 Å². The van der Waals surface area contributed by atoms with Crippen LogP contribution in [-0.2, 0) is 17.8 Å². The van der Waals surface area contributed by atoms with Crippen molar-refractivity contribution in [2.45, 2.75) is 65.8 Å². The number of carbonyl (C=O) groups excluding carboxylic acids is 1. The van der Waals surface area contributed by atoms with Gasteiger partial charge in [-0.25, -0.2) is 0 Å². The fourth-order valence-corrected chi connectivity index (χ4v) is 6.64. The van der Waals surface area contributed by atoms with Crippen LogP contribution in [0.1, 0.15) is 68.2 Å². The average Bonchev–Trinajstić information content (AvgIpc) is 3.19. The normalized spacial score (nSPS) is 17.5. The van der Waals surface area contributed by atoms with Crippen LogP contribution in [0, 0.1) is 24.2 Å². The third-order valence-corrected chi connectivity index (χ3v) is 8.84. The van der Waals surface area contributed by atoms with E-state index in [9.17, 15) is 14.9 Å². The number of thioether (sulfide) groups is 1. The lowest BCUT2D eigenvalue weighted by atomic mass is 9.90. The molecule has 0 unspecified atom stereocenters. The molecule has 2 aliphatic heterocycles. The Morgan fingerprint density at radius 1 is 1.11 bits per heavy atom. The van der Waals surface area contributed by atoms with Gasteiger partial charge in [-0.3, -0.25) is 19.1 Å². The Kier molecular flexibility index (Phi) is 9.45. The van der Waals surface area contributed by atoms with Gasteiger partial charge >= 0.3 is 0 Å². The predicted octanol–water partition coefficient (Wildman–Crippen LogP) is 5.90. The lowest BCUT2D eigenvalue weighted by molar-refractivity contribution is -0.122. The molecule has 0 atom stereocenters. The molecule has 38 heavy (non-hydrogen) atoms. The molecule has 2 aliphatic rings. The summed E-state index contributed by atoms with van der Waals surface area (Å²) < 4.78 is 2.32. The molecule has 2 aromatic rings. The van der Waals surface area contributed by atoms with Crippen LogP contribution in [0.15, 0.2) is 40.0 Å². The second-order valence-corrected chi connectivity index (χ2v) is 11.8. The van der Waals surface area contributed by atoms with Gasteiger partial charge in [0.25, 0.3) is 11.5 Å². The molecule has 0 bridgehead atoms. The minimum atomic E-state index is -0.249. The number of nitriles is 1. The molecule has 0 aliphatic carbocycles. The average molecular weight is 549 g/mol. The van der Waals surface area contributed by atoms with Crippen LogP contribution in [0.2, 0.25) is 0 Å². The number of unbranched alkanes of at least 4 members (excludes halogenated alkanes) is 1. The zero-order valence-electron chi connectivity index (χ0n) is 22.5. The highest BCUT2D eigenvalue weighted by Gasteiger charge is 2.33. The van der Waals surface area contributed by atoms with Crippen molar-refractivity contribution >= 4 is 46.1 Å². The summed E-state index contributed by atoms with van der Waals surface area (Å²) in [7, 11) is 0. The topological polar surface area (TPSA) is 69.3 Å². The molecule has 2 fully saturated rings. The maximum absolute atomic E-state index is 13.4. The van der Waals surface area contributed by atoms with Crippen LogP contribution in [0.3, 0.4) is 0 Å². The molecule has 1 amide bonds. The number of anilines is 1. The highest BCUT2D eigenvalue weighted by atomic mass is 32.2. The first-order valence-corrected chi connectivity index (χ1v) is 14.8. The Labute approximate surface area is 235 Å². The van der Waals surface area contributed by atoms with E-state index in [2.05, 4.69) is 42.2 Å². The molecule has 0 spiro atoms. The first-order chi connectivity index (χ1) is 18.4. The van der Waals surface area contributed by atoms with Crippen LogP contribution in [0.5, 0.6) is 0 Å². The summed E-state index contributed by atoms with van der Waals surface area (Å²) in [6.07, 6.45) is 7.60. The predicted molar refractivity (Wildman–Crippen MR) is 160 cm³/mol. The van der Waals surface area contributed by atoms with Crippen molar-refractivity contribution in [2.75, 3.05) is 24.5 Å². The summed E-state index contributed by atoms with van der Waals surface area (Å²) in [6, 6.07) is 12.7. The number of aromatic nitrogens is 1. The highest BCUT2D eigenvalue weighted by Crippen LogP contribution is 2.37. The lowest BCUT2D eigenvalue weighted by Gasteiger charge is -2.36. The quantitative estimate of drug-likeness (QED) is 0.287. The highest BCUT2D eigenvalue weighted by molar-refractivity contribution is 8.26. The molecule has 1 aromatic carbocycles. The maximum Gasteiger partial charge on any atom is 0.270 e. The molecule has 0 N–H and O–H groups in total. The minimum Gasteiger partial charge on any atom is -0.357 e. The molecule has 8 heteroatoms. The number of benzene rings is 1. The number of thiocarbonyl (C=S) groups is 1. The standard InChI is InChI=1S/C30H36N4O2S2/c1-4-6-15-34-29(36)26(38-30(34)37)19-24-21(3)25(20-31)28(35)33(14-5-2)27(24)32-16-12-23(13-17-32)18-22-10-8-7-9-11-22/h7-11,19,23H,4-6,12-18H2,1-3H3/b26-19-. The minimum absolute atomic E-state index is 0.0906. The summed E-state index contributed by atoms with van der Waals surface area (Å²) in [4.78, 5) is 31.2. The lowest BCUT2D eigenvalue weighted by Crippen LogP contribution is -2.40. The Bertz CT molecular complexity index is 1320. The first-order valence-electron chi connectivity index (χ1n) is 13.6. The van der Waals surface area contributed by atoms with Crippen molar-refractivity contribution < 1.29 is 4.79 Å². The molecule has 200 valence electrons. The van der Waals surface area contributed by atoms with E-state index in [-0.39, 0.29) is 17.0 Å². The van der Waals surface area contributed by atoms with Gasteiger partial charge in [0.05, 0.1) is 4.91 Å². The van der Waals surface area contributed by atoms with E-state index in [0.717, 1.165) is 63.0 Å². The molecule has 0 saturated carbocycles. The molecule has 3 heterocycles. The van der Waals surface area contributed by atoms with Gasteiger partial charge in [0, 0.05) is 31.7 Å². The van der Waals surface area contributed by atoms with Crippen LogP contribution < -0.4 is 10.5 Å². The fourth-order valence-electron chi connectivity index (χ4n) is 5.35. The van der Waals surface area contributed by atoms with Crippen LogP contribution in [0.4, 0.5) is 5.82 Å². The van der Waals surface area contributed by atoms with Crippen molar-refractivity contribution in [3.8, 4) is 6.07 Å². The van der Waals surface area contributed by atoms with Crippen molar-refractivity contribution in [1.82, 2.24) is 9.47 Å². The van der Waals surface area contributed by atoms with Gasteiger partial charge in [-0.1, -0.05) is 74.6 Å². The number of hydrogen-bond acceptors (Lipinski definition) is 6. The van der Waals surface area contributed by atoms with Crippen molar-refractivity contribution in [2.24, 2.45) is 5.92 Å². The zero-order chi connectivity index (χ0) is 27.2. The maximum atomic E-state index is 13.4. The molecule has 2 saturated heterocycles. The number of piperidine rings is 1. The molecule has 1 aromatic heterocycles. The van der Waals surface area contributed by atoms with Crippen LogP contribution >= 0.6 is 24.0 Å². The third-order valence-electron chi connectivity index (χ3n) is 7.46. The number of hydrogen-bond donors (Lipinski definition) is 0. The molecule has 6 nitrogen and oxygen atoms in total. The van der Waals surface area contributed by atoms with Crippen LogP contribution in [0.25, 0.3) is 6.08 Å². The van der Waals surface area contributed by atoms with E-state index < -0.39 is 0 Å². The van der Waals surface area contributed by atoms with E-state index in [4.69, 9.17) is 12.2 Å². The SMILES string of the molecule is CCCCN1C(=O)/C(=C/c2c(C)c(C#N)c(=O)n(CCC)c2N2CCC(Cc3ccccc3)CC2)SC1=S. The van der Waals surface area contributed by atoms with Gasteiger partial charge < -0.3 is 4.90 Å². The van der Waals surface area contributed by atoms with Crippen molar-refractivity contribution in [1.29, 1.82) is 5.26 Å². The zero-order valence-corrected chi connectivity index (χ0v) is 24.2. The van der Waals surface area contributed by atoms with Gasteiger partial charge in [0.15, 0.2) is 0 Å². The van der Waals surface area contributed by atoms with E-state index >= 15 is 0 Å². The summed E-state index contributed by atoms with van der Waals surface area (Å²) in [6.45, 7) is 8.73. The Hall–Kier alpha value is -2.89. The van der Waals surface area contributed by atoms with Crippen molar-refractivity contribution in [3.63, 3.8) is 0 Å². The van der Waals surface area contributed by atoms with Gasteiger partial charge in [-0.2, -0.15) is 5.26 Å². The molecular formula is C30H36N4O2S2. The number of rotatable bonds is 9. The van der Waals surface area contributed by atoms with Gasteiger partial charge in [-0.15, -0.1) is 0 Å². The third kappa shape index (κ3) is 5.89. The number of carbonyl (C=O) groups is 1. The number of nitrogens with zero attached hydrogens (tertiary/aromatic N) is 4. The Morgan fingerprint density at radius 2 is 1.82 bits per heavy atom. The van der Waals surface area contributed by atoms with E-state index in [1.807, 2.05) is 26.0 Å². The summed E-state index contributed by atoms with van der Waals surface area (Å²) in [5.41, 5.74) is 2.67. The van der Waals surface area contributed by atoms with E-state index in [1.165, 1.54) is 17.3 Å². The molecule has 4 rings (SSSR count). The number of pyridine rings is 1. The Morgan fingerprint density at radius 3 is 2.45 bits per heavy atom. The largest absolute Gasteiger partial charge is 0.357 e. The summed E-state index contributed by atoms with van der Waals surface area (Å²) in [5.74, 6) is 1.31. The van der Waals surface area contributed by atoms with Crippen molar-refractivity contribution in [3.05, 3.63) is 67.8 Å². The molecular weight excluding hydrogens is 512 g/mol. The van der Waals surface area contributed by atoms with Gasteiger partial charge in [0.1, 0.15) is 21.8 Å². The Balaban J connectivity index is 1.72. The first kappa shape index (κ1) is 28.1. The van der Waals surface area contributed by atoms with Gasteiger partial charge in [0.2, 0.25) is 0 Å². The van der Waals surface area contributed by atoms with Gasteiger partial charge in [-0.05, 0) is 62.1 Å². The second-order valence-electron chi connectivity index (χ2n) is 10.1. The smallest absolute Gasteiger partial charge is 0.270 e. The number of amides is 1. The monoisotopic (exact) mass is 548 g/mol. The van der Waals surface area contributed by atoms with E-state index in [0.29, 0.717) is 33.8 Å². The summed E-state index contributed by atoms with van der Waals surface area (Å²) >= 11 is 6.84. The second kappa shape index (κ2) is 12.8. The van der Waals surface area contributed by atoms with Crippen LogP contribution in [-0.4, -0.2) is 39.3 Å².